The summed E-state index contributed by atoms with van der Waals surface area (Å²) in [5, 5.41) is 0.641. The molecule has 0 saturated carbocycles. The summed E-state index contributed by atoms with van der Waals surface area (Å²) in [7, 11) is 0. The summed E-state index contributed by atoms with van der Waals surface area (Å²) in [5.74, 6) is 0.0889. The van der Waals surface area contributed by atoms with Gasteiger partial charge in [-0.1, -0.05) is 17.7 Å². The molecule has 0 aliphatic heterocycles. The van der Waals surface area contributed by atoms with Crippen LogP contribution < -0.4 is 4.57 Å². The molecule has 0 fully saturated rings. The van der Waals surface area contributed by atoms with Crippen molar-refractivity contribution < 1.29 is 9.36 Å². The van der Waals surface area contributed by atoms with Gasteiger partial charge in [-0.25, -0.2) is 0 Å². The van der Waals surface area contributed by atoms with Gasteiger partial charge >= 0.3 is 0 Å². The van der Waals surface area contributed by atoms with Crippen LogP contribution in [0.5, 0.6) is 0 Å². The lowest BCUT2D eigenvalue weighted by atomic mass is 10.0. The lowest BCUT2D eigenvalue weighted by molar-refractivity contribution is -0.710. The van der Waals surface area contributed by atoms with Crippen molar-refractivity contribution in [2.24, 2.45) is 0 Å². The molecule has 0 bridgehead atoms. The highest BCUT2D eigenvalue weighted by atomic mass is 35.5. The molecule has 0 radical (unpaired) electrons. The van der Waals surface area contributed by atoms with Crippen molar-refractivity contribution in [1.82, 2.24) is 0 Å². The minimum Gasteiger partial charge on any atom is -0.287 e. The van der Waals surface area contributed by atoms with Gasteiger partial charge in [-0.3, -0.25) is 4.79 Å². The van der Waals surface area contributed by atoms with Gasteiger partial charge in [-0.15, -0.1) is 0 Å². The first-order valence-corrected chi connectivity index (χ1v) is 6.24. The van der Waals surface area contributed by atoms with Crippen LogP contribution in [0, 0.1) is 6.92 Å². The van der Waals surface area contributed by atoms with Crippen LogP contribution in [-0.4, -0.2) is 5.78 Å². The number of carbonyl (C=O) groups is 1. The Morgan fingerprint density at radius 2 is 1.83 bits per heavy atom. The predicted molar refractivity (Wildman–Crippen MR) is 71.9 cm³/mol. The SMILES string of the molecule is Cc1cccc[n+]1[C@H](C)C(=O)c1ccc(Cl)cc1. The molecule has 3 heteroatoms. The summed E-state index contributed by atoms with van der Waals surface area (Å²) in [5.41, 5.74) is 1.75. The standard InChI is InChI=1S/C15H15ClNO/c1-11-5-3-4-10-17(11)12(2)15(18)13-6-8-14(16)9-7-13/h3-10,12H,1-2H3/q+1/t12-/m1/s1. The highest BCUT2D eigenvalue weighted by molar-refractivity contribution is 6.30. The molecule has 18 heavy (non-hydrogen) atoms. The van der Waals surface area contributed by atoms with Crippen LogP contribution in [0.2, 0.25) is 5.02 Å². The second-order valence-corrected chi connectivity index (χ2v) is 4.73. The van der Waals surface area contributed by atoms with Gasteiger partial charge in [0, 0.05) is 36.6 Å². The molecule has 1 atom stereocenters. The first-order chi connectivity index (χ1) is 8.59. The van der Waals surface area contributed by atoms with Gasteiger partial charge in [0.15, 0.2) is 11.9 Å². The number of aryl methyl sites for hydroxylation is 1. The first kappa shape index (κ1) is 12.8. The van der Waals surface area contributed by atoms with Gasteiger partial charge in [0.05, 0.1) is 0 Å². The molecule has 0 N–H and O–H groups in total. The zero-order chi connectivity index (χ0) is 13.1. The van der Waals surface area contributed by atoms with Crippen molar-refractivity contribution in [1.29, 1.82) is 0 Å². The summed E-state index contributed by atoms with van der Waals surface area (Å²) < 4.78 is 1.97. The van der Waals surface area contributed by atoms with E-state index in [4.69, 9.17) is 11.6 Å². The minimum atomic E-state index is -0.215. The number of Topliss-reactive ketones (excluding diaryl/α,β-unsaturated/α-hetero) is 1. The lowest BCUT2D eigenvalue weighted by Crippen LogP contribution is -2.44. The quantitative estimate of drug-likeness (QED) is 0.612. The van der Waals surface area contributed by atoms with Crippen molar-refractivity contribution in [3.8, 4) is 0 Å². The largest absolute Gasteiger partial charge is 0.287 e. The topological polar surface area (TPSA) is 20.9 Å². The zero-order valence-corrected chi connectivity index (χ0v) is 11.2. The number of rotatable bonds is 3. The van der Waals surface area contributed by atoms with Gasteiger partial charge in [0.25, 0.3) is 0 Å². The number of carbonyl (C=O) groups excluding carboxylic acids is 1. The van der Waals surface area contributed by atoms with Crippen molar-refractivity contribution in [2.45, 2.75) is 19.9 Å². The van der Waals surface area contributed by atoms with Crippen LogP contribution in [0.25, 0.3) is 0 Å². The second-order valence-electron chi connectivity index (χ2n) is 4.30. The Labute approximate surface area is 112 Å². The first-order valence-electron chi connectivity index (χ1n) is 5.86. The van der Waals surface area contributed by atoms with E-state index in [-0.39, 0.29) is 11.8 Å². The van der Waals surface area contributed by atoms with Crippen LogP contribution in [0.15, 0.2) is 48.7 Å². The van der Waals surface area contributed by atoms with E-state index in [1.807, 2.05) is 42.8 Å². The molecule has 1 aromatic carbocycles. The molecule has 1 aromatic heterocycles. The molecule has 0 spiro atoms. The van der Waals surface area contributed by atoms with Crippen molar-refractivity contribution in [3.63, 3.8) is 0 Å². The van der Waals surface area contributed by atoms with Crippen LogP contribution in [0.4, 0.5) is 0 Å². The average molecular weight is 261 g/mol. The Bertz CT molecular complexity index is 563. The number of benzene rings is 1. The summed E-state index contributed by atoms with van der Waals surface area (Å²) in [6, 6.07) is 12.7. The summed E-state index contributed by atoms with van der Waals surface area (Å²) in [6.45, 7) is 3.90. The monoisotopic (exact) mass is 260 g/mol. The molecule has 2 rings (SSSR count). The van der Waals surface area contributed by atoms with Crippen molar-refractivity contribution >= 4 is 17.4 Å². The number of halogens is 1. The third-order valence-electron chi connectivity index (χ3n) is 3.03. The molecule has 0 unspecified atom stereocenters. The highest BCUT2D eigenvalue weighted by Crippen LogP contribution is 2.13. The third kappa shape index (κ3) is 2.59. The maximum Gasteiger partial charge on any atom is 0.230 e. The van der Waals surface area contributed by atoms with Gasteiger partial charge in [-0.05, 0) is 24.3 Å². The molecule has 0 aliphatic rings. The van der Waals surface area contributed by atoms with E-state index >= 15 is 0 Å². The number of ketones is 1. The second kappa shape index (κ2) is 5.32. The normalized spacial score (nSPS) is 12.2. The smallest absolute Gasteiger partial charge is 0.230 e. The molecular formula is C15H15ClNO+. The molecule has 0 saturated heterocycles. The molecule has 1 heterocycles. The van der Waals surface area contributed by atoms with Gasteiger partial charge in [0.1, 0.15) is 0 Å². The fraction of sp³-hybridized carbons (Fsp3) is 0.200. The number of aromatic nitrogens is 1. The summed E-state index contributed by atoms with van der Waals surface area (Å²) in [6.07, 6.45) is 1.92. The molecular weight excluding hydrogens is 246 g/mol. The van der Waals surface area contributed by atoms with E-state index in [0.717, 1.165) is 5.69 Å². The number of nitrogens with zero attached hydrogens (tertiary/aromatic N) is 1. The zero-order valence-electron chi connectivity index (χ0n) is 10.4. The number of hydrogen-bond donors (Lipinski definition) is 0. The van der Waals surface area contributed by atoms with Gasteiger partial charge in [-0.2, -0.15) is 4.57 Å². The molecule has 2 nitrogen and oxygen atoms in total. The number of hydrogen-bond acceptors (Lipinski definition) is 1. The molecule has 0 aliphatic carbocycles. The maximum absolute atomic E-state index is 12.3. The summed E-state index contributed by atoms with van der Waals surface area (Å²) >= 11 is 5.82. The Balaban J connectivity index is 2.29. The van der Waals surface area contributed by atoms with E-state index in [1.54, 1.807) is 24.3 Å². The Hall–Kier alpha value is -1.67. The van der Waals surface area contributed by atoms with E-state index in [9.17, 15) is 4.79 Å². The Kier molecular flexibility index (Phi) is 3.78. The fourth-order valence-electron chi connectivity index (χ4n) is 1.96. The van der Waals surface area contributed by atoms with E-state index < -0.39 is 0 Å². The predicted octanol–water partition coefficient (Wildman–Crippen LogP) is 3.38. The molecule has 2 aromatic rings. The van der Waals surface area contributed by atoms with E-state index in [2.05, 4.69) is 0 Å². The van der Waals surface area contributed by atoms with Crippen LogP contribution >= 0.6 is 11.6 Å². The van der Waals surface area contributed by atoms with Gasteiger partial charge in [0.2, 0.25) is 11.8 Å². The van der Waals surface area contributed by atoms with Crippen LogP contribution in [0.3, 0.4) is 0 Å². The van der Waals surface area contributed by atoms with Crippen LogP contribution in [0.1, 0.15) is 29.0 Å². The molecule has 92 valence electrons. The lowest BCUT2D eigenvalue weighted by Gasteiger charge is -2.08. The van der Waals surface area contributed by atoms with Crippen molar-refractivity contribution in [3.05, 3.63) is 64.9 Å². The number of pyridine rings is 1. The average Bonchev–Trinajstić information content (AvgIpc) is 2.38. The van der Waals surface area contributed by atoms with Crippen LogP contribution in [-0.2, 0) is 0 Å². The fourth-order valence-corrected chi connectivity index (χ4v) is 2.08. The Morgan fingerprint density at radius 3 is 2.44 bits per heavy atom. The van der Waals surface area contributed by atoms with E-state index in [0.29, 0.717) is 10.6 Å². The van der Waals surface area contributed by atoms with Gasteiger partial charge < -0.3 is 0 Å². The highest BCUT2D eigenvalue weighted by Gasteiger charge is 2.24. The third-order valence-corrected chi connectivity index (χ3v) is 3.28. The Morgan fingerprint density at radius 1 is 1.17 bits per heavy atom. The molecule has 0 amide bonds. The van der Waals surface area contributed by atoms with E-state index in [1.165, 1.54) is 0 Å². The summed E-state index contributed by atoms with van der Waals surface area (Å²) in [4.78, 5) is 12.3. The minimum absolute atomic E-state index is 0.0889. The maximum atomic E-state index is 12.3. The van der Waals surface area contributed by atoms with Crippen molar-refractivity contribution in [2.75, 3.05) is 0 Å².